The molecule has 0 bridgehead atoms. The first-order chi connectivity index (χ1) is 13.0. The summed E-state index contributed by atoms with van der Waals surface area (Å²) >= 11 is 12.1. The Morgan fingerprint density at radius 1 is 1.04 bits per heavy atom. The lowest BCUT2D eigenvalue weighted by atomic mass is 10.00. The summed E-state index contributed by atoms with van der Waals surface area (Å²) in [4.78, 5) is 25.0. The number of rotatable bonds is 4. The molecule has 0 fully saturated rings. The van der Waals surface area contributed by atoms with Crippen molar-refractivity contribution in [3.8, 4) is 5.75 Å². The average Bonchev–Trinajstić information content (AvgIpc) is 2.56. The van der Waals surface area contributed by atoms with E-state index in [0.717, 1.165) is 12.1 Å². The lowest BCUT2D eigenvalue weighted by Crippen LogP contribution is -2.28. The van der Waals surface area contributed by atoms with E-state index < -0.39 is 34.7 Å². The van der Waals surface area contributed by atoms with Gasteiger partial charge >= 0.3 is 6.09 Å². The van der Waals surface area contributed by atoms with Crippen molar-refractivity contribution >= 4 is 40.8 Å². The van der Waals surface area contributed by atoms with Crippen LogP contribution in [0.2, 0.25) is 10.0 Å². The first kappa shape index (κ1) is 21.9. The maximum absolute atomic E-state index is 14.5. The van der Waals surface area contributed by atoms with Crippen molar-refractivity contribution in [2.24, 2.45) is 0 Å². The number of anilines is 1. The minimum Gasteiger partial charge on any atom is -0.494 e. The molecule has 9 heteroatoms. The Labute approximate surface area is 170 Å². The second kappa shape index (κ2) is 8.32. The number of ether oxygens (including phenoxy) is 2. The highest BCUT2D eigenvalue weighted by atomic mass is 35.5. The monoisotopic (exact) mass is 431 g/mol. The van der Waals surface area contributed by atoms with Crippen LogP contribution >= 0.6 is 23.2 Å². The molecule has 0 saturated heterocycles. The predicted molar refractivity (Wildman–Crippen MR) is 103 cm³/mol. The van der Waals surface area contributed by atoms with E-state index in [1.54, 1.807) is 20.8 Å². The number of nitrogens with one attached hydrogen (secondary N) is 1. The Kier molecular flexibility index (Phi) is 6.52. The van der Waals surface area contributed by atoms with E-state index >= 15 is 0 Å². The SMILES string of the molecule is COc1ccc(F)c(C(=O)c2c(NC(=O)OC(C)(C)C)ccc(Cl)c2Cl)c1F. The van der Waals surface area contributed by atoms with E-state index in [1.807, 2.05) is 0 Å². The standard InChI is InChI=1S/C19H17Cl2F2NO4/c1-19(2,3)28-18(26)24-11-7-5-9(20)15(21)14(11)17(25)13-10(22)6-8-12(27-4)16(13)23/h5-8H,1-4H3,(H,24,26). The summed E-state index contributed by atoms with van der Waals surface area (Å²) in [6.45, 7) is 4.94. The molecule has 2 rings (SSSR count). The molecule has 28 heavy (non-hydrogen) atoms. The Hall–Kier alpha value is -2.38. The third-order valence-corrected chi connectivity index (χ3v) is 4.26. The zero-order valence-electron chi connectivity index (χ0n) is 15.5. The summed E-state index contributed by atoms with van der Waals surface area (Å²) in [5, 5.41) is 2.04. The van der Waals surface area contributed by atoms with Crippen molar-refractivity contribution in [2.45, 2.75) is 26.4 Å². The molecule has 0 radical (unpaired) electrons. The molecule has 0 atom stereocenters. The molecule has 0 aliphatic rings. The van der Waals surface area contributed by atoms with Gasteiger partial charge in [-0.1, -0.05) is 23.2 Å². The van der Waals surface area contributed by atoms with Gasteiger partial charge in [-0.2, -0.15) is 0 Å². The highest BCUT2D eigenvalue weighted by Crippen LogP contribution is 2.35. The molecular weight excluding hydrogens is 415 g/mol. The molecule has 0 aliphatic heterocycles. The third-order valence-electron chi connectivity index (χ3n) is 3.46. The number of hydrogen-bond acceptors (Lipinski definition) is 4. The van der Waals surface area contributed by atoms with E-state index in [2.05, 4.69) is 5.32 Å². The van der Waals surface area contributed by atoms with Gasteiger partial charge in [0.1, 0.15) is 11.4 Å². The zero-order valence-corrected chi connectivity index (χ0v) is 17.0. The molecule has 1 N–H and O–H groups in total. The van der Waals surface area contributed by atoms with Gasteiger partial charge in [0.2, 0.25) is 5.78 Å². The quantitative estimate of drug-likeness (QED) is 0.615. The van der Waals surface area contributed by atoms with Gasteiger partial charge in [0.05, 0.1) is 34.0 Å². The number of methoxy groups -OCH3 is 1. The normalized spacial score (nSPS) is 11.1. The van der Waals surface area contributed by atoms with Gasteiger partial charge in [0.15, 0.2) is 11.6 Å². The summed E-state index contributed by atoms with van der Waals surface area (Å²) in [7, 11) is 1.17. The highest BCUT2D eigenvalue weighted by Gasteiger charge is 2.28. The van der Waals surface area contributed by atoms with Crippen molar-refractivity contribution in [1.82, 2.24) is 0 Å². The molecule has 2 aromatic carbocycles. The Morgan fingerprint density at radius 3 is 2.25 bits per heavy atom. The summed E-state index contributed by atoms with van der Waals surface area (Å²) in [6.07, 6.45) is -0.883. The minimum absolute atomic E-state index is 0.0385. The average molecular weight is 432 g/mol. The van der Waals surface area contributed by atoms with Crippen molar-refractivity contribution in [3.05, 3.63) is 57.1 Å². The topological polar surface area (TPSA) is 64.6 Å². The summed E-state index contributed by atoms with van der Waals surface area (Å²) in [5.41, 5.74) is -2.20. The van der Waals surface area contributed by atoms with Crippen LogP contribution in [0.25, 0.3) is 0 Å². The van der Waals surface area contributed by atoms with Crippen LogP contribution in [0.1, 0.15) is 36.7 Å². The van der Waals surface area contributed by atoms with Gasteiger partial charge in [-0.15, -0.1) is 0 Å². The molecular formula is C19H17Cl2F2NO4. The van der Waals surface area contributed by atoms with Crippen LogP contribution < -0.4 is 10.1 Å². The van der Waals surface area contributed by atoms with Gasteiger partial charge < -0.3 is 9.47 Å². The van der Waals surface area contributed by atoms with Crippen LogP contribution in [-0.2, 0) is 4.74 Å². The van der Waals surface area contributed by atoms with Crippen molar-refractivity contribution < 1.29 is 27.8 Å². The highest BCUT2D eigenvalue weighted by molar-refractivity contribution is 6.45. The Balaban J connectivity index is 2.58. The fourth-order valence-corrected chi connectivity index (χ4v) is 2.72. The van der Waals surface area contributed by atoms with Gasteiger partial charge in [0.25, 0.3) is 0 Å². The summed E-state index contributed by atoms with van der Waals surface area (Å²) < 4.78 is 38.7. The van der Waals surface area contributed by atoms with Gasteiger partial charge in [-0.3, -0.25) is 10.1 Å². The van der Waals surface area contributed by atoms with Gasteiger partial charge in [-0.05, 0) is 45.0 Å². The number of hydrogen-bond donors (Lipinski definition) is 1. The lowest BCUT2D eigenvalue weighted by molar-refractivity contribution is 0.0636. The fraction of sp³-hybridized carbons (Fsp3) is 0.263. The number of carbonyl (C=O) groups is 2. The predicted octanol–water partition coefficient (Wildman–Crippen LogP) is 5.86. The molecule has 0 saturated carbocycles. The first-order valence-corrected chi connectivity index (χ1v) is 8.76. The van der Waals surface area contributed by atoms with Crippen molar-refractivity contribution in [1.29, 1.82) is 0 Å². The summed E-state index contributed by atoms with van der Waals surface area (Å²) in [6, 6.07) is 4.53. The number of benzene rings is 2. The number of halogens is 4. The molecule has 0 unspecified atom stereocenters. The number of carbonyl (C=O) groups excluding carboxylic acids is 2. The molecule has 0 aliphatic carbocycles. The van der Waals surface area contributed by atoms with Crippen LogP contribution in [0, 0.1) is 11.6 Å². The Bertz CT molecular complexity index is 943. The first-order valence-electron chi connectivity index (χ1n) is 8.01. The van der Waals surface area contributed by atoms with E-state index in [9.17, 15) is 18.4 Å². The van der Waals surface area contributed by atoms with E-state index in [1.165, 1.54) is 19.2 Å². The molecule has 0 heterocycles. The third kappa shape index (κ3) is 4.72. The largest absolute Gasteiger partial charge is 0.494 e. The number of amides is 1. The molecule has 2 aromatic rings. The summed E-state index contributed by atoms with van der Waals surface area (Å²) in [5.74, 6) is -3.77. The lowest BCUT2D eigenvalue weighted by Gasteiger charge is -2.21. The van der Waals surface area contributed by atoms with Crippen molar-refractivity contribution in [2.75, 3.05) is 12.4 Å². The Morgan fingerprint density at radius 2 is 1.68 bits per heavy atom. The number of ketones is 1. The maximum atomic E-state index is 14.5. The van der Waals surface area contributed by atoms with E-state index in [4.69, 9.17) is 32.7 Å². The van der Waals surface area contributed by atoms with Crippen molar-refractivity contribution in [3.63, 3.8) is 0 Å². The van der Waals surface area contributed by atoms with Crippen LogP contribution in [0.15, 0.2) is 24.3 Å². The van der Waals surface area contributed by atoms with Gasteiger partial charge in [-0.25, -0.2) is 13.6 Å². The fourth-order valence-electron chi connectivity index (χ4n) is 2.31. The molecule has 150 valence electrons. The van der Waals surface area contributed by atoms with Gasteiger partial charge in [0, 0.05) is 0 Å². The van der Waals surface area contributed by atoms with Crippen LogP contribution in [0.5, 0.6) is 5.75 Å². The van der Waals surface area contributed by atoms with Crippen LogP contribution in [0.4, 0.5) is 19.3 Å². The van der Waals surface area contributed by atoms with Crippen LogP contribution in [0.3, 0.4) is 0 Å². The molecule has 0 spiro atoms. The second-order valence-electron chi connectivity index (χ2n) is 6.68. The second-order valence-corrected chi connectivity index (χ2v) is 7.46. The molecule has 5 nitrogen and oxygen atoms in total. The molecule has 1 amide bonds. The smallest absolute Gasteiger partial charge is 0.412 e. The maximum Gasteiger partial charge on any atom is 0.412 e. The zero-order chi connectivity index (χ0) is 21.2. The van der Waals surface area contributed by atoms with E-state index in [0.29, 0.717) is 0 Å². The van der Waals surface area contributed by atoms with Crippen LogP contribution in [-0.4, -0.2) is 24.6 Å². The van der Waals surface area contributed by atoms with E-state index in [-0.39, 0.29) is 27.0 Å². The molecule has 0 aromatic heterocycles. The minimum atomic E-state index is -1.20.